The van der Waals surface area contributed by atoms with Crippen LogP contribution in [0.1, 0.15) is 0 Å². The van der Waals surface area contributed by atoms with E-state index in [1.165, 1.54) is 6.20 Å². The largest absolute Gasteiger partial charge is 0.339 e. The van der Waals surface area contributed by atoms with Gasteiger partial charge in [0, 0.05) is 10.7 Å². The second kappa shape index (κ2) is 4.78. The number of nitrogens with one attached hydrogen (secondary N) is 2. The van der Waals surface area contributed by atoms with E-state index in [1.807, 2.05) is 12.1 Å². The first kappa shape index (κ1) is 10.7. The number of hydrogen-bond acceptors (Lipinski definition) is 5. The maximum absolute atomic E-state index is 5.86. The van der Waals surface area contributed by atoms with Gasteiger partial charge in [0.15, 0.2) is 11.6 Å². The molecule has 16 heavy (non-hydrogen) atoms. The molecule has 1 heterocycles. The van der Waals surface area contributed by atoms with Crippen molar-refractivity contribution in [2.24, 2.45) is 5.84 Å². The zero-order chi connectivity index (χ0) is 11.4. The number of hydrazine groups is 1. The molecule has 0 saturated heterocycles. The van der Waals surface area contributed by atoms with Crippen LogP contribution in [0, 0.1) is 0 Å². The lowest BCUT2D eigenvalue weighted by Crippen LogP contribution is -2.09. The number of benzene rings is 1. The molecule has 0 aliphatic heterocycles. The highest BCUT2D eigenvalue weighted by Crippen LogP contribution is 2.18. The molecule has 0 fully saturated rings. The molecule has 0 aliphatic rings. The van der Waals surface area contributed by atoms with Crippen molar-refractivity contribution in [1.29, 1.82) is 0 Å². The fourth-order valence-electron chi connectivity index (χ4n) is 1.21. The summed E-state index contributed by atoms with van der Waals surface area (Å²) < 4.78 is 0. The molecular weight excluding hydrogens is 226 g/mol. The Bertz CT molecular complexity index is 488. The van der Waals surface area contributed by atoms with Crippen LogP contribution in [0.15, 0.2) is 36.7 Å². The molecule has 0 radical (unpaired) electrons. The third-order valence-electron chi connectivity index (χ3n) is 1.88. The first-order valence-corrected chi connectivity index (χ1v) is 4.97. The standard InChI is InChI=1S/C10H10ClN5/c11-7-2-1-3-8(4-7)14-9-5-13-6-10(15-9)16-12/h1-6H,12H2,(H2,14,15,16). The van der Waals surface area contributed by atoms with Crippen molar-refractivity contribution in [1.82, 2.24) is 9.97 Å². The average Bonchev–Trinajstić information content (AvgIpc) is 2.29. The van der Waals surface area contributed by atoms with Crippen molar-refractivity contribution in [3.8, 4) is 0 Å². The molecule has 1 aromatic heterocycles. The molecule has 0 bridgehead atoms. The zero-order valence-corrected chi connectivity index (χ0v) is 9.07. The number of anilines is 3. The monoisotopic (exact) mass is 235 g/mol. The Hall–Kier alpha value is -1.85. The normalized spacial score (nSPS) is 9.88. The van der Waals surface area contributed by atoms with Crippen molar-refractivity contribution in [3.63, 3.8) is 0 Å². The van der Waals surface area contributed by atoms with Gasteiger partial charge in [0.2, 0.25) is 0 Å². The molecule has 6 heteroatoms. The van der Waals surface area contributed by atoms with Crippen molar-refractivity contribution >= 4 is 28.9 Å². The first-order chi connectivity index (χ1) is 7.78. The summed E-state index contributed by atoms with van der Waals surface area (Å²) in [5, 5.41) is 3.72. The summed E-state index contributed by atoms with van der Waals surface area (Å²) >= 11 is 5.86. The topological polar surface area (TPSA) is 75.9 Å². The summed E-state index contributed by atoms with van der Waals surface area (Å²) in [5.74, 6) is 6.32. The number of nitrogen functional groups attached to an aromatic ring is 1. The van der Waals surface area contributed by atoms with Crippen LogP contribution in [0.25, 0.3) is 0 Å². The first-order valence-electron chi connectivity index (χ1n) is 4.59. The maximum Gasteiger partial charge on any atom is 0.160 e. The van der Waals surface area contributed by atoms with E-state index >= 15 is 0 Å². The zero-order valence-electron chi connectivity index (χ0n) is 8.31. The quantitative estimate of drug-likeness (QED) is 0.562. The van der Waals surface area contributed by atoms with Crippen molar-refractivity contribution < 1.29 is 0 Å². The van der Waals surface area contributed by atoms with E-state index < -0.39 is 0 Å². The highest BCUT2D eigenvalue weighted by atomic mass is 35.5. The Kier molecular flexibility index (Phi) is 3.19. The van der Waals surface area contributed by atoms with Crippen LogP contribution in [0.2, 0.25) is 5.02 Å². The van der Waals surface area contributed by atoms with Crippen LogP contribution in [0.3, 0.4) is 0 Å². The summed E-state index contributed by atoms with van der Waals surface area (Å²) in [4.78, 5) is 8.14. The smallest absolute Gasteiger partial charge is 0.160 e. The fraction of sp³-hybridized carbons (Fsp3) is 0. The van der Waals surface area contributed by atoms with Crippen LogP contribution >= 0.6 is 11.6 Å². The summed E-state index contributed by atoms with van der Waals surface area (Å²) in [6, 6.07) is 7.33. The Morgan fingerprint density at radius 2 is 2.00 bits per heavy atom. The predicted molar refractivity (Wildman–Crippen MR) is 64.6 cm³/mol. The third kappa shape index (κ3) is 2.59. The van der Waals surface area contributed by atoms with Crippen LogP contribution in [-0.2, 0) is 0 Å². The molecule has 82 valence electrons. The minimum atomic E-state index is 0.493. The second-order valence-corrected chi connectivity index (χ2v) is 3.51. The molecular formula is C10H10ClN5. The van der Waals surface area contributed by atoms with Gasteiger partial charge in [-0.15, -0.1) is 0 Å². The van der Waals surface area contributed by atoms with E-state index in [9.17, 15) is 0 Å². The lowest BCUT2D eigenvalue weighted by Gasteiger charge is -2.06. The van der Waals surface area contributed by atoms with Gasteiger partial charge in [0.1, 0.15) is 0 Å². The van der Waals surface area contributed by atoms with E-state index in [0.29, 0.717) is 16.7 Å². The number of hydrogen-bond donors (Lipinski definition) is 3. The third-order valence-corrected chi connectivity index (χ3v) is 2.11. The number of aromatic nitrogens is 2. The van der Waals surface area contributed by atoms with Crippen molar-refractivity contribution in [2.75, 3.05) is 10.7 Å². The Balaban J connectivity index is 2.20. The number of halogens is 1. The SMILES string of the molecule is NNc1cncc(Nc2cccc(Cl)c2)n1. The van der Waals surface area contributed by atoms with Gasteiger partial charge >= 0.3 is 0 Å². The van der Waals surface area contributed by atoms with E-state index in [4.69, 9.17) is 17.4 Å². The Morgan fingerprint density at radius 1 is 1.19 bits per heavy atom. The van der Waals surface area contributed by atoms with Gasteiger partial charge in [0.05, 0.1) is 12.4 Å². The van der Waals surface area contributed by atoms with Crippen molar-refractivity contribution in [2.45, 2.75) is 0 Å². The predicted octanol–water partition coefficient (Wildman–Crippen LogP) is 2.16. The molecule has 0 spiro atoms. The minimum absolute atomic E-state index is 0.493. The van der Waals surface area contributed by atoms with Crippen LogP contribution in [0.5, 0.6) is 0 Å². The highest BCUT2D eigenvalue weighted by molar-refractivity contribution is 6.30. The minimum Gasteiger partial charge on any atom is -0.339 e. The number of rotatable bonds is 3. The molecule has 0 aliphatic carbocycles. The maximum atomic E-state index is 5.86. The van der Waals surface area contributed by atoms with Gasteiger partial charge in [0.25, 0.3) is 0 Å². The molecule has 2 rings (SSSR count). The number of nitrogens with two attached hydrogens (primary N) is 1. The van der Waals surface area contributed by atoms with Crippen LogP contribution in [-0.4, -0.2) is 9.97 Å². The van der Waals surface area contributed by atoms with Crippen LogP contribution in [0.4, 0.5) is 17.3 Å². The van der Waals surface area contributed by atoms with Gasteiger partial charge in [-0.3, -0.25) is 4.98 Å². The van der Waals surface area contributed by atoms with Gasteiger partial charge in [-0.05, 0) is 18.2 Å². The van der Waals surface area contributed by atoms with E-state index in [-0.39, 0.29) is 0 Å². The summed E-state index contributed by atoms with van der Waals surface area (Å²) in [7, 11) is 0. The van der Waals surface area contributed by atoms with Crippen LogP contribution < -0.4 is 16.6 Å². The lowest BCUT2D eigenvalue weighted by molar-refractivity contribution is 1.16. The molecule has 1 aromatic carbocycles. The van der Waals surface area contributed by atoms with E-state index in [1.54, 1.807) is 18.3 Å². The molecule has 0 saturated carbocycles. The lowest BCUT2D eigenvalue weighted by atomic mass is 10.3. The summed E-state index contributed by atoms with van der Waals surface area (Å²) in [6.07, 6.45) is 3.13. The highest BCUT2D eigenvalue weighted by Gasteiger charge is 1.98. The van der Waals surface area contributed by atoms with E-state index in [0.717, 1.165) is 5.69 Å². The van der Waals surface area contributed by atoms with Gasteiger partial charge in [-0.2, -0.15) is 0 Å². The molecule has 0 amide bonds. The Morgan fingerprint density at radius 3 is 2.75 bits per heavy atom. The molecule has 0 atom stereocenters. The summed E-state index contributed by atoms with van der Waals surface area (Å²) in [6.45, 7) is 0. The summed E-state index contributed by atoms with van der Waals surface area (Å²) in [5.41, 5.74) is 3.27. The molecule has 4 N–H and O–H groups in total. The fourth-order valence-corrected chi connectivity index (χ4v) is 1.40. The van der Waals surface area contributed by atoms with Gasteiger partial charge in [-0.1, -0.05) is 17.7 Å². The Labute approximate surface area is 97.6 Å². The van der Waals surface area contributed by atoms with Gasteiger partial charge in [-0.25, -0.2) is 10.8 Å². The average molecular weight is 236 g/mol. The number of nitrogens with zero attached hydrogens (tertiary/aromatic N) is 2. The molecule has 0 unspecified atom stereocenters. The van der Waals surface area contributed by atoms with Gasteiger partial charge < -0.3 is 10.7 Å². The second-order valence-electron chi connectivity index (χ2n) is 3.07. The molecule has 5 nitrogen and oxygen atoms in total. The van der Waals surface area contributed by atoms with E-state index in [2.05, 4.69) is 20.7 Å². The molecule has 2 aromatic rings. The van der Waals surface area contributed by atoms with Crippen molar-refractivity contribution in [3.05, 3.63) is 41.7 Å².